The normalized spacial score (nSPS) is 11.8. The third-order valence-electron chi connectivity index (χ3n) is 1.55. The van der Waals surface area contributed by atoms with Gasteiger partial charge < -0.3 is 4.74 Å². The maximum atomic E-state index is 5.33. The highest BCUT2D eigenvalue weighted by Crippen LogP contribution is 2.07. The summed E-state index contributed by atoms with van der Waals surface area (Å²) in [5.74, 6) is 0.850. The average Bonchev–Trinajstić information content (AvgIpc) is 2.25. The third-order valence-corrected chi connectivity index (χ3v) is 1.55. The zero-order valence-corrected chi connectivity index (χ0v) is 8.26. The molecule has 0 saturated carbocycles. The number of hydrogen-bond donors (Lipinski definition) is 0. The van der Waals surface area contributed by atoms with Gasteiger partial charge in [-0.1, -0.05) is 42.5 Å². The van der Waals surface area contributed by atoms with E-state index in [1.807, 2.05) is 67.6 Å². The minimum atomic E-state index is 0.850. The van der Waals surface area contributed by atoms with Crippen LogP contribution < -0.4 is 4.74 Å². The van der Waals surface area contributed by atoms with E-state index in [1.165, 1.54) is 0 Å². The molecule has 1 rings (SSSR count). The zero-order chi connectivity index (χ0) is 10.1. The monoisotopic (exact) mass is 186 g/mol. The Balaban J connectivity index is 2.34. The number of allylic oxidation sites excluding steroid dienone is 5. The maximum absolute atomic E-state index is 5.33. The summed E-state index contributed by atoms with van der Waals surface area (Å²) in [6.07, 6.45) is 11.3. The molecule has 1 aromatic rings. The summed E-state index contributed by atoms with van der Waals surface area (Å²) in [6, 6.07) is 9.68. The first-order valence-corrected chi connectivity index (χ1v) is 4.59. The van der Waals surface area contributed by atoms with Gasteiger partial charge in [0, 0.05) is 0 Å². The number of rotatable bonds is 4. The Morgan fingerprint density at radius 1 is 0.929 bits per heavy atom. The highest BCUT2D eigenvalue weighted by molar-refractivity contribution is 5.22. The number of benzene rings is 1. The van der Waals surface area contributed by atoms with Crippen molar-refractivity contribution in [3.63, 3.8) is 0 Å². The molecular formula is C13H14O. The molecule has 0 N–H and O–H groups in total. The fourth-order valence-corrected chi connectivity index (χ4v) is 0.902. The van der Waals surface area contributed by atoms with Crippen LogP contribution >= 0.6 is 0 Å². The van der Waals surface area contributed by atoms with Crippen LogP contribution in [0.3, 0.4) is 0 Å². The van der Waals surface area contributed by atoms with Gasteiger partial charge in [0.25, 0.3) is 0 Å². The lowest BCUT2D eigenvalue weighted by Gasteiger charge is -1.96. The van der Waals surface area contributed by atoms with Crippen LogP contribution in [0.2, 0.25) is 0 Å². The van der Waals surface area contributed by atoms with Crippen LogP contribution in [0.15, 0.2) is 67.0 Å². The Bertz CT molecular complexity index is 320. The van der Waals surface area contributed by atoms with Gasteiger partial charge in [0.2, 0.25) is 0 Å². The van der Waals surface area contributed by atoms with E-state index < -0.39 is 0 Å². The first-order valence-electron chi connectivity index (χ1n) is 4.59. The van der Waals surface area contributed by atoms with Crippen molar-refractivity contribution in [2.24, 2.45) is 0 Å². The molecule has 14 heavy (non-hydrogen) atoms. The van der Waals surface area contributed by atoms with E-state index >= 15 is 0 Å². The molecule has 0 aromatic heterocycles. The van der Waals surface area contributed by atoms with Gasteiger partial charge in [-0.2, -0.15) is 0 Å². The van der Waals surface area contributed by atoms with E-state index in [2.05, 4.69) is 0 Å². The molecular weight excluding hydrogens is 172 g/mol. The van der Waals surface area contributed by atoms with Crippen molar-refractivity contribution in [1.82, 2.24) is 0 Å². The van der Waals surface area contributed by atoms with Crippen molar-refractivity contribution < 1.29 is 4.74 Å². The molecule has 0 heterocycles. The first kappa shape index (κ1) is 10.3. The van der Waals surface area contributed by atoms with E-state index in [-0.39, 0.29) is 0 Å². The van der Waals surface area contributed by atoms with Gasteiger partial charge in [-0.25, -0.2) is 0 Å². The summed E-state index contributed by atoms with van der Waals surface area (Å²) in [7, 11) is 0. The van der Waals surface area contributed by atoms with Gasteiger partial charge in [-0.05, 0) is 25.1 Å². The second-order valence-electron chi connectivity index (χ2n) is 2.67. The predicted octanol–water partition coefficient (Wildman–Crippen LogP) is 3.71. The van der Waals surface area contributed by atoms with Crippen molar-refractivity contribution in [3.8, 4) is 5.75 Å². The lowest BCUT2D eigenvalue weighted by atomic mass is 10.3. The third kappa shape index (κ3) is 4.31. The summed E-state index contributed by atoms with van der Waals surface area (Å²) in [5.41, 5.74) is 0. The quantitative estimate of drug-likeness (QED) is 0.514. The summed E-state index contributed by atoms with van der Waals surface area (Å²) in [6.45, 7) is 1.98. The molecule has 0 amide bonds. The topological polar surface area (TPSA) is 9.23 Å². The molecule has 0 aliphatic heterocycles. The van der Waals surface area contributed by atoms with Crippen molar-refractivity contribution in [1.29, 1.82) is 0 Å². The molecule has 1 nitrogen and oxygen atoms in total. The molecule has 0 unspecified atom stereocenters. The Morgan fingerprint density at radius 3 is 2.36 bits per heavy atom. The fraction of sp³-hybridized carbons (Fsp3) is 0.0769. The van der Waals surface area contributed by atoms with Crippen LogP contribution in [-0.4, -0.2) is 0 Å². The molecule has 0 aliphatic rings. The lowest BCUT2D eigenvalue weighted by Crippen LogP contribution is -1.78. The van der Waals surface area contributed by atoms with Gasteiger partial charge in [0.1, 0.15) is 5.75 Å². The molecule has 1 aromatic carbocycles. The second-order valence-corrected chi connectivity index (χ2v) is 2.67. The van der Waals surface area contributed by atoms with E-state index in [4.69, 9.17) is 4.74 Å². The Hall–Kier alpha value is -1.76. The van der Waals surface area contributed by atoms with Gasteiger partial charge in [0.05, 0.1) is 6.26 Å². The molecule has 0 aliphatic carbocycles. The molecule has 0 bridgehead atoms. The van der Waals surface area contributed by atoms with Crippen molar-refractivity contribution in [2.75, 3.05) is 0 Å². The molecule has 1 heteroatoms. The van der Waals surface area contributed by atoms with Crippen LogP contribution in [0.5, 0.6) is 5.75 Å². The molecule has 0 radical (unpaired) electrons. The molecule has 0 spiro atoms. The smallest absolute Gasteiger partial charge is 0.126 e. The standard InChI is InChI=1S/C13H14O/c1-2-3-4-5-9-12-14-13-10-7-6-8-11-13/h2-12H,1H3/b3-2-,5-4-,12-9+. The first-order chi connectivity index (χ1) is 6.93. The van der Waals surface area contributed by atoms with Crippen LogP contribution in [0, 0.1) is 0 Å². The Morgan fingerprint density at radius 2 is 1.64 bits per heavy atom. The average molecular weight is 186 g/mol. The maximum Gasteiger partial charge on any atom is 0.126 e. The van der Waals surface area contributed by atoms with Crippen molar-refractivity contribution in [2.45, 2.75) is 6.92 Å². The number of hydrogen-bond acceptors (Lipinski definition) is 1. The molecule has 0 saturated heterocycles. The highest BCUT2D eigenvalue weighted by atomic mass is 16.5. The summed E-state index contributed by atoms with van der Waals surface area (Å²) >= 11 is 0. The van der Waals surface area contributed by atoms with E-state index in [0.717, 1.165) is 5.75 Å². The molecule has 72 valence electrons. The van der Waals surface area contributed by atoms with Gasteiger partial charge in [0.15, 0.2) is 0 Å². The Labute approximate surface area is 85.0 Å². The van der Waals surface area contributed by atoms with Crippen LogP contribution in [-0.2, 0) is 0 Å². The van der Waals surface area contributed by atoms with Crippen LogP contribution in [0.25, 0.3) is 0 Å². The van der Waals surface area contributed by atoms with Gasteiger partial charge >= 0.3 is 0 Å². The van der Waals surface area contributed by atoms with Crippen molar-refractivity contribution in [3.05, 3.63) is 67.0 Å². The van der Waals surface area contributed by atoms with Gasteiger partial charge in [-0.3, -0.25) is 0 Å². The largest absolute Gasteiger partial charge is 0.465 e. The van der Waals surface area contributed by atoms with E-state index in [0.29, 0.717) is 0 Å². The molecule has 0 fully saturated rings. The Kier molecular flexibility index (Phi) is 4.96. The molecule has 0 atom stereocenters. The number of ether oxygens (including phenoxy) is 1. The SMILES string of the molecule is C\C=C/C=C\C=C\Oc1ccccc1. The van der Waals surface area contributed by atoms with Crippen LogP contribution in [0.1, 0.15) is 6.92 Å². The summed E-state index contributed by atoms with van der Waals surface area (Å²) in [5, 5.41) is 0. The summed E-state index contributed by atoms with van der Waals surface area (Å²) in [4.78, 5) is 0. The zero-order valence-electron chi connectivity index (χ0n) is 8.26. The fourth-order valence-electron chi connectivity index (χ4n) is 0.902. The second kappa shape index (κ2) is 6.72. The highest BCUT2D eigenvalue weighted by Gasteiger charge is 1.83. The predicted molar refractivity (Wildman–Crippen MR) is 60.2 cm³/mol. The summed E-state index contributed by atoms with van der Waals surface area (Å²) < 4.78 is 5.33. The van der Waals surface area contributed by atoms with Crippen molar-refractivity contribution >= 4 is 0 Å². The van der Waals surface area contributed by atoms with E-state index in [9.17, 15) is 0 Å². The lowest BCUT2D eigenvalue weighted by molar-refractivity contribution is 0.481. The van der Waals surface area contributed by atoms with Gasteiger partial charge in [-0.15, -0.1) is 0 Å². The minimum Gasteiger partial charge on any atom is -0.465 e. The minimum absolute atomic E-state index is 0.850. The number of para-hydroxylation sites is 1. The van der Waals surface area contributed by atoms with Crippen LogP contribution in [0.4, 0.5) is 0 Å². The van der Waals surface area contributed by atoms with E-state index in [1.54, 1.807) is 6.26 Å².